The van der Waals surface area contributed by atoms with E-state index in [1.54, 1.807) is 27.7 Å². The fourth-order valence-electron chi connectivity index (χ4n) is 2.62. The highest BCUT2D eigenvalue weighted by Gasteiger charge is 2.47. The molecule has 1 aliphatic heterocycles. The van der Waals surface area contributed by atoms with E-state index in [-0.39, 0.29) is 19.6 Å². The second-order valence-electron chi connectivity index (χ2n) is 7.42. The van der Waals surface area contributed by atoms with Crippen LogP contribution in [0.4, 0.5) is 4.79 Å². The first-order valence-electron chi connectivity index (χ1n) is 8.00. The zero-order valence-electron chi connectivity index (χ0n) is 14.6. The third kappa shape index (κ3) is 4.96. The molecule has 24 heavy (non-hydrogen) atoms. The summed E-state index contributed by atoms with van der Waals surface area (Å²) in [6.07, 6.45) is -0.498. The van der Waals surface area contributed by atoms with Gasteiger partial charge in [-0.3, -0.25) is 4.90 Å². The van der Waals surface area contributed by atoms with E-state index in [1.807, 2.05) is 30.3 Å². The SMILES string of the molecule is CC1(O)C[C@@H](C(=O)OCc2ccccc2)N(C(=O)OC(C)(C)C)C1. The molecular formula is C18H25NO5. The summed E-state index contributed by atoms with van der Waals surface area (Å²) in [4.78, 5) is 26.0. The van der Waals surface area contributed by atoms with Crippen LogP contribution < -0.4 is 0 Å². The third-order valence-electron chi connectivity index (χ3n) is 3.64. The Morgan fingerprint density at radius 3 is 2.50 bits per heavy atom. The Morgan fingerprint density at radius 1 is 1.29 bits per heavy atom. The normalized spacial score (nSPS) is 23.9. The largest absolute Gasteiger partial charge is 0.459 e. The molecule has 132 valence electrons. The maximum atomic E-state index is 12.4. The van der Waals surface area contributed by atoms with Crippen LogP contribution in [0.3, 0.4) is 0 Å². The summed E-state index contributed by atoms with van der Waals surface area (Å²) in [5, 5.41) is 10.3. The Morgan fingerprint density at radius 2 is 1.92 bits per heavy atom. The second-order valence-corrected chi connectivity index (χ2v) is 7.42. The van der Waals surface area contributed by atoms with Crippen LogP contribution in [0.5, 0.6) is 0 Å². The highest BCUT2D eigenvalue weighted by molar-refractivity contribution is 5.82. The van der Waals surface area contributed by atoms with Gasteiger partial charge in [-0.05, 0) is 33.3 Å². The van der Waals surface area contributed by atoms with Crippen LogP contribution in [0.2, 0.25) is 0 Å². The summed E-state index contributed by atoms with van der Waals surface area (Å²) in [6.45, 7) is 7.01. The Balaban J connectivity index is 2.04. The Bertz CT molecular complexity index is 591. The van der Waals surface area contributed by atoms with E-state index in [4.69, 9.17) is 9.47 Å². The first-order chi connectivity index (χ1) is 11.1. The molecule has 2 atom stereocenters. The van der Waals surface area contributed by atoms with Gasteiger partial charge in [-0.25, -0.2) is 9.59 Å². The van der Waals surface area contributed by atoms with Crippen molar-refractivity contribution in [3.8, 4) is 0 Å². The number of nitrogens with zero attached hydrogens (tertiary/aromatic N) is 1. The van der Waals surface area contributed by atoms with Gasteiger partial charge in [0.05, 0.1) is 12.1 Å². The van der Waals surface area contributed by atoms with Crippen LogP contribution in [0.25, 0.3) is 0 Å². The van der Waals surface area contributed by atoms with Crippen molar-refractivity contribution in [3.63, 3.8) is 0 Å². The van der Waals surface area contributed by atoms with E-state index in [0.717, 1.165) is 5.56 Å². The molecule has 1 unspecified atom stereocenters. The lowest BCUT2D eigenvalue weighted by atomic mass is 10.0. The molecule has 1 amide bonds. The molecule has 0 saturated carbocycles. The number of amides is 1. The minimum atomic E-state index is -1.15. The number of rotatable bonds is 3. The van der Waals surface area contributed by atoms with Crippen molar-refractivity contribution in [2.75, 3.05) is 6.54 Å². The van der Waals surface area contributed by atoms with Crippen LogP contribution in [-0.4, -0.2) is 45.9 Å². The lowest BCUT2D eigenvalue weighted by molar-refractivity contribution is -0.150. The van der Waals surface area contributed by atoms with Crippen molar-refractivity contribution in [2.45, 2.75) is 58.0 Å². The summed E-state index contributed by atoms with van der Waals surface area (Å²) >= 11 is 0. The van der Waals surface area contributed by atoms with Crippen LogP contribution in [0.1, 0.15) is 39.7 Å². The topological polar surface area (TPSA) is 76.1 Å². The monoisotopic (exact) mass is 335 g/mol. The fraction of sp³-hybridized carbons (Fsp3) is 0.556. The zero-order chi connectivity index (χ0) is 18.0. The Hall–Kier alpha value is -2.08. The van der Waals surface area contributed by atoms with E-state index in [1.165, 1.54) is 4.90 Å². The third-order valence-corrected chi connectivity index (χ3v) is 3.64. The molecule has 1 N–H and O–H groups in total. The van der Waals surface area contributed by atoms with E-state index in [0.29, 0.717) is 0 Å². The number of likely N-dealkylation sites (tertiary alicyclic amines) is 1. The molecule has 0 radical (unpaired) electrons. The molecular weight excluding hydrogens is 310 g/mol. The quantitative estimate of drug-likeness (QED) is 0.859. The Kier molecular flexibility index (Phi) is 5.18. The zero-order valence-corrected chi connectivity index (χ0v) is 14.6. The van der Waals surface area contributed by atoms with Crippen LogP contribution >= 0.6 is 0 Å². The second kappa shape index (κ2) is 6.81. The molecule has 1 heterocycles. The smallest absolute Gasteiger partial charge is 0.411 e. The summed E-state index contributed by atoms with van der Waals surface area (Å²) in [6, 6.07) is 8.45. The molecule has 1 saturated heterocycles. The molecule has 0 aliphatic carbocycles. The van der Waals surface area contributed by atoms with Gasteiger partial charge in [-0.1, -0.05) is 30.3 Å². The summed E-state index contributed by atoms with van der Waals surface area (Å²) in [5.41, 5.74) is -0.961. The minimum absolute atomic E-state index is 0.0347. The van der Waals surface area contributed by atoms with E-state index >= 15 is 0 Å². The maximum Gasteiger partial charge on any atom is 0.411 e. The molecule has 6 heteroatoms. The van der Waals surface area contributed by atoms with Crippen molar-refractivity contribution in [3.05, 3.63) is 35.9 Å². The Labute approximate surface area is 142 Å². The van der Waals surface area contributed by atoms with Crippen molar-refractivity contribution < 1.29 is 24.2 Å². The van der Waals surface area contributed by atoms with Crippen LogP contribution in [0, 0.1) is 0 Å². The summed E-state index contributed by atoms with van der Waals surface area (Å²) in [5.74, 6) is -0.539. The van der Waals surface area contributed by atoms with Crippen molar-refractivity contribution in [1.29, 1.82) is 0 Å². The van der Waals surface area contributed by atoms with E-state index in [2.05, 4.69) is 0 Å². The predicted molar refractivity (Wildman–Crippen MR) is 88.2 cm³/mol. The van der Waals surface area contributed by atoms with Crippen molar-refractivity contribution in [1.82, 2.24) is 4.90 Å². The molecule has 1 aliphatic rings. The molecule has 0 bridgehead atoms. The van der Waals surface area contributed by atoms with Gasteiger partial charge < -0.3 is 14.6 Å². The van der Waals surface area contributed by atoms with Gasteiger partial charge in [0.25, 0.3) is 0 Å². The number of carbonyl (C=O) groups is 2. The van der Waals surface area contributed by atoms with Crippen LogP contribution in [-0.2, 0) is 20.9 Å². The number of β-amino-alcohol motifs (C(OH)–C–C–N with tert-alkyl or cyclic N) is 1. The van der Waals surface area contributed by atoms with Gasteiger partial charge >= 0.3 is 12.1 Å². The summed E-state index contributed by atoms with van der Waals surface area (Å²) < 4.78 is 10.6. The molecule has 2 rings (SSSR count). The molecule has 0 aromatic heterocycles. The van der Waals surface area contributed by atoms with Crippen molar-refractivity contribution in [2.24, 2.45) is 0 Å². The molecule has 1 fully saturated rings. The van der Waals surface area contributed by atoms with Gasteiger partial charge in [-0.15, -0.1) is 0 Å². The molecule has 1 aromatic rings. The fourth-order valence-corrected chi connectivity index (χ4v) is 2.62. The summed E-state index contributed by atoms with van der Waals surface area (Å²) in [7, 11) is 0. The highest BCUT2D eigenvalue weighted by Crippen LogP contribution is 2.29. The lowest BCUT2D eigenvalue weighted by Crippen LogP contribution is -2.44. The van der Waals surface area contributed by atoms with E-state index in [9.17, 15) is 14.7 Å². The predicted octanol–water partition coefficient (Wildman–Crippen LogP) is 2.49. The van der Waals surface area contributed by atoms with Crippen LogP contribution in [0.15, 0.2) is 30.3 Å². The van der Waals surface area contributed by atoms with Gasteiger partial charge in [0, 0.05) is 6.42 Å². The number of aliphatic hydroxyl groups is 1. The first kappa shape index (κ1) is 18.3. The number of ether oxygens (including phenoxy) is 2. The molecule has 0 spiro atoms. The van der Waals surface area contributed by atoms with Gasteiger partial charge in [0.1, 0.15) is 18.2 Å². The number of hydrogen-bond acceptors (Lipinski definition) is 5. The highest BCUT2D eigenvalue weighted by atomic mass is 16.6. The first-order valence-corrected chi connectivity index (χ1v) is 8.00. The van der Waals surface area contributed by atoms with Gasteiger partial charge in [-0.2, -0.15) is 0 Å². The average molecular weight is 335 g/mol. The molecule has 1 aromatic carbocycles. The van der Waals surface area contributed by atoms with Gasteiger partial charge in [0.2, 0.25) is 0 Å². The van der Waals surface area contributed by atoms with E-state index < -0.39 is 29.3 Å². The standard InChI is InChI=1S/C18H25NO5/c1-17(2,3)24-16(21)19-12-18(4,22)10-14(19)15(20)23-11-13-8-6-5-7-9-13/h5-9,14,22H,10-12H2,1-4H3/t14-,18?/m0/s1. The van der Waals surface area contributed by atoms with Gasteiger partial charge in [0.15, 0.2) is 0 Å². The number of benzene rings is 1. The lowest BCUT2D eigenvalue weighted by Gasteiger charge is -2.27. The average Bonchev–Trinajstić information content (AvgIpc) is 2.80. The molecule has 6 nitrogen and oxygen atoms in total. The number of hydrogen-bond donors (Lipinski definition) is 1. The number of esters is 1. The minimum Gasteiger partial charge on any atom is -0.459 e. The van der Waals surface area contributed by atoms with Crippen molar-refractivity contribution >= 4 is 12.1 Å². The maximum absolute atomic E-state index is 12.4. The number of carbonyl (C=O) groups excluding carboxylic acids is 2.